The maximum Gasteiger partial charge on any atom is 0.0373 e. The van der Waals surface area contributed by atoms with Crippen LogP contribution in [0.2, 0.25) is 0 Å². The standard InChI is InChI=1S/C16H35N3/c1-5-7-8-9-11-15(17-6-2)16-14-18(3)12-10-13-19(16)4/h15-17H,5-14H2,1-4H3. The highest BCUT2D eigenvalue weighted by molar-refractivity contribution is 4.87. The van der Waals surface area contributed by atoms with Gasteiger partial charge in [0.1, 0.15) is 0 Å². The summed E-state index contributed by atoms with van der Waals surface area (Å²) in [7, 11) is 4.58. The van der Waals surface area contributed by atoms with Crippen LogP contribution in [0.4, 0.5) is 0 Å². The highest BCUT2D eigenvalue weighted by atomic mass is 15.2. The predicted molar refractivity (Wildman–Crippen MR) is 84.8 cm³/mol. The molecule has 1 rings (SSSR count). The van der Waals surface area contributed by atoms with Crippen molar-refractivity contribution in [2.75, 3.05) is 40.3 Å². The lowest BCUT2D eigenvalue weighted by Crippen LogP contribution is -2.52. The van der Waals surface area contributed by atoms with Gasteiger partial charge in [-0.05, 0) is 46.6 Å². The van der Waals surface area contributed by atoms with Crippen molar-refractivity contribution in [1.29, 1.82) is 0 Å². The van der Waals surface area contributed by atoms with E-state index in [4.69, 9.17) is 0 Å². The molecule has 0 saturated carbocycles. The number of hydrogen-bond donors (Lipinski definition) is 1. The summed E-state index contributed by atoms with van der Waals surface area (Å²) in [6.07, 6.45) is 8.12. The second kappa shape index (κ2) is 9.73. The van der Waals surface area contributed by atoms with Crippen molar-refractivity contribution in [2.45, 2.75) is 64.5 Å². The normalized spacial score (nSPS) is 24.3. The fourth-order valence-corrected chi connectivity index (χ4v) is 3.22. The molecule has 114 valence electrons. The van der Waals surface area contributed by atoms with E-state index in [1.54, 1.807) is 0 Å². The third-order valence-electron chi connectivity index (χ3n) is 4.41. The first-order valence-corrected chi connectivity index (χ1v) is 8.31. The van der Waals surface area contributed by atoms with Crippen LogP contribution in [-0.2, 0) is 0 Å². The number of nitrogens with zero attached hydrogens (tertiary/aromatic N) is 2. The van der Waals surface area contributed by atoms with Crippen LogP contribution in [0.25, 0.3) is 0 Å². The van der Waals surface area contributed by atoms with Crippen molar-refractivity contribution in [3.63, 3.8) is 0 Å². The Morgan fingerprint density at radius 2 is 1.89 bits per heavy atom. The molecule has 0 aromatic carbocycles. The number of likely N-dealkylation sites (N-methyl/N-ethyl adjacent to an activating group) is 3. The van der Waals surface area contributed by atoms with Gasteiger partial charge in [-0.3, -0.25) is 0 Å². The van der Waals surface area contributed by atoms with Crippen molar-refractivity contribution >= 4 is 0 Å². The summed E-state index contributed by atoms with van der Waals surface area (Å²) in [6.45, 7) is 9.31. The molecule has 0 radical (unpaired) electrons. The van der Waals surface area contributed by atoms with Gasteiger partial charge in [0.2, 0.25) is 0 Å². The third-order valence-corrected chi connectivity index (χ3v) is 4.41. The van der Waals surface area contributed by atoms with E-state index < -0.39 is 0 Å². The van der Waals surface area contributed by atoms with Crippen molar-refractivity contribution in [3.05, 3.63) is 0 Å². The maximum atomic E-state index is 3.74. The SMILES string of the molecule is CCCCCCC(NCC)C1CN(C)CCCN1C. The molecule has 1 aliphatic rings. The molecule has 0 aromatic heterocycles. The molecule has 2 unspecified atom stereocenters. The molecule has 1 saturated heterocycles. The summed E-state index contributed by atoms with van der Waals surface area (Å²) in [5, 5.41) is 3.74. The minimum Gasteiger partial charge on any atom is -0.313 e. The zero-order chi connectivity index (χ0) is 14.1. The van der Waals surface area contributed by atoms with Gasteiger partial charge in [0.15, 0.2) is 0 Å². The molecule has 3 heteroatoms. The van der Waals surface area contributed by atoms with Crippen LogP contribution in [0, 0.1) is 0 Å². The monoisotopic (exact) mass is 269 g/mol. The Hall–Kier alpha value is -0.120. The van der Waals surface area contributed by atoms with Crippen LogP contribution in [-0.4, -0.2) is 62.2 Å². The van der Waals surface area contributed by atoms with Crippen molar-refractivity contribution in [3.8, 4) is 0 Å². The Morgan fingerprint density at radius 1 is 1.11 bits per heavy atom. The summed E-state index contributed by atoms with van der Waals surface area (Å²) >= 11 is 0. The Bertz CT molecular complexity index is 220. The van der Waals surface area contributed by atoms with Crippen LogP contribution >= 0.6 is 0 Å². The third kappa shape index (κ3) is 6.24. The van der Waals surface area contributed by atoms with E-state index in [2.05, 4.69) is 43.1 Å². The molecule has 1 N–H and O–H groups in total. The summed E-state index contributed by atoms with van der Waals surface area (Å²) in [5.74, 6) is 0. The first-order valence-electron chi connectivity index (χ1n) is 8.31. The van der Waals surface area contributed by atoms with Crippen LogP contribution < -0.4 is 5.32 Å². The minimum atomic E-state index is 0.660. The van der Waals surface area contributed by atoms with E-state index in [0.717, 1.165) is 6.54 Å². The van der Waals surface area contributed by atoms with Crippen LogP contribution in [0.1, 0.15) is 52.4 Å². The van der Waals surface area contributed by atoms with E-state index in [0.29, 0.717) is 12.1 Å². The van der Waals surface area contributed by atoms with Gasteiger partial charge in [-0.1, -0.05) is 39.5 Å². The van der Waals surface area contributed by atoms with Gasteiger partial charge >= 0.3 is 0 Å². The van der Waals surface area contributed by atoms with Crippen LogP contribution in [0.15, 0.2) is 0 Å². The quantitative estimate of drug-likeness (QED) is 0.683. The van der Waals surface area contributed by atoms with E-state index in [1.807, 2.05) is 0 Å². The smallest absolute Gasteiger partial charge is 0.0373 e. The second-order valence-electron chi connectivity index (χ2n) is 6.18. The number of hydrogen-bond acceptors (Lipinski definition) is 3. The topological polar surface area (TPSA) is 18.5 Å². The van der Waals surface area contributed by atoms with Crippen LogP contribution in [0.5, 0.6) is 0 Å². The number of nitrogens with one attached hydrogen (secondary N) is 1. The predicted octanol–water partition coefficient (Wildman–Crippen LogP) is 2.57. The largest absolute Gasteiger partial charge is 0.313 e. The Balaban J connectivity index is 2.50. The molecule has 1 aliphatic heterocycles. The maximum absolute atomic E-state index is 3.74. The molecule has 0 spiro atoms. The number of unbranched alkanes of at least 4 members (excludes halogenated alkanes) is 3. The van der Waals surface area contributed by atoms with E-state index in [-0.39, 0.29) is 0 Å². The molecule has 3 nitrogen and oxygen atoms in total. The second-order valence-corrected chi connectivity index (χ2v) is 6.18. The first-order chi connectivity index (χ1) is 9.19. The molecule has 0 amide bonds. The summed E-state index contributed by atoms with van der Waals surface area (Å²) in [5.41, 5.74) is 0. The van der Waals surface area contributed by atoms with E-state index >= 15 is 0 Å². The molecule has 1 fully saturated rings. The van der Waals surface area contributed by atoms with Gasteiger partial charge in [-0.15, -0.1) is 0 Å². The Morgan fingerprint density at radius 3 is 2.58 bits per heavy atom. The van der Waals surface area contributed by atoms with E-state index in [1.165, 1.54) is 58.2 Å². The first kappa shape index (κ1) is 16.9. The number of rotatable bonds is 8. The molecular weight excluding hydrogens is 234 g/mol. The fourth-order valence-electron chi connectivity index (χ4n) is 3.22. The van der Waals surface area contributed by atoms with E-state index in [9.17, 15) is 0 Å². The summed E-state index contributed by atoms with van der Waals surface area (Å²) in [4.78, 5) is 5.08. The van der Waals surface area contributed by atoms with Crippen LogP contribution in [0.3, 0.4) is 0 Å². The lowest BCUT2D eigenvalue weighted by Gasteiger charge is -2.35. The molecule has 19 heavy (non-hydrogen) atoms. The molecule has 0 bridgehead atoms. The molecule has 2 atom stereocenters. The van der Waals surface area contributed by atoms with Gasteiger partial charge in [-0.25, -0.2) is 0 Å². The molecule has 0 aliphatic carbocycles. The van der Waals surface area contributed by atoms with Crippen molar-refractivity contribution in [1.82, 2.24) is 15.1 Å². The van der Waals surface area contributed by atoms with Gasteiger partial charge in [0.25, 0.3) is 0 Å². The lowest BCUT2D eigenvalue weighted by molar-refractivity contribution is 0.171. The van der Waals surface area contributed by atoms with Gasteiger partial charge in [0.05, 0.1) is 0 Å². The Labute approximate surface area is 120 Å². The summed E-state index contributed by atoms with van der Waals surface area (Å²) in [6, 6.07) is 1.33. The highest BCUT2D eigenvalue weighted by Gasteiger charge is 2.27. The fraction of sp³-hybridized carbons (Fsp3) is 1.00. The molecule has 1 heterocycles. The van der Waals surface area contributed by atoms with Crippen molar-refractivity contribution in [2.24, 2.45) is 0 Å². The van der Waals surface area contributed by atoms with Crippen molar-refractivity contribution < 1.29 is 0 Å². The molecule has 0 aromatic rings. The van der Waals surface area contributed by atoms with Gasteiger partial charge in [0, 0.05) is 18.6 Å². The summed E-state index contributed by atoms with van der Waals surface area (Å²) < 4.78 is 0. The van der Waals surface area contributed by atoms with Gasteiger partial charge < -0.3 is 15.1 Å². The Kier molecular flexibility index (Phi) is 8.67. The zero-order valence-corrected chi connectivity index (χ0v) is 13.6. The lowest BCUT2D eigenvalue weighted by atomic mass is 9.99. The average molecular weight is 269 g/mol. The minimum absolute atomic E-state index is 0.660. The zero-order valence-electron chi connectivity index (χ0n) is 13.6. The highest BCUT2D eigenvalue weighted by Crippen LogP contribution is 2.15. The average Bonchev–Trinajstić information content (AvgIpc) is 2.55. The molecular formula is C16H35N3. The van der Waals surface area contributed by atoms with Gasteiger partial charge in [-0.2, -0.15) is 0 Å².